The van der Waals surface area contributed by atoms with Crippen molar-refractivity contribution in [3.05, 3.63) is 0 Å². The molecule has 2 unspecified atom stereocenters. The van der Waals surface area contributed by atoms with Gasteiger partial charge < -0.3 is 33.8 Å². The van der Waals surface area contributed by atoms with Crippen LogP contribution in [-0.4, -0.2) is 96.7 Å². The van der Waals surface area contributed by atoms with Crippen molar-refractivity contribution in [3.63, 3.8) is 0 Å². The van der Waals surface area contributed by atoms with Crippen LogP contribution in [0.1, 0.15) is 388 Å². The Morgan fingerprint density at radius 2 is 0.489 bits per heavy atom. The number of carbonyl (C=O) groups is 4. The predicted octanol–water partition coefficient (Wildman–Crippen LogP) is 21.9. The molecule has 0 bridgehead atoms. The maximum Gasteiger partial charge on any atom is 0.472 e. The van der Waals surface area contributed by atoms with Crippen LogP contribution in [0.25, 0.3) is 0 Å². The van der Waals surface area contributed by atoms with E-state index >= 15 is 0 Å². The molecule has 0 saturated heterocycles. The molecule has 0 aliphatic rings. The summed E-state index contributed by atoms with van der Waals surface area (Å²) in [5.41, 5.74) is 0. The van der Waals surface area contributed by atoms with E-state index in [0.717, 1.165) is 108 Å². The lowest BCUT2D eigenvalue weighted by atomic mass is 10.0. The van der Waals surface area contributed by atoms with Crippen molar-refractivity contribution in [1.29, 1.82) is 0 Å². The molecule has 0 spiro atoms. The third-order valence-electron chi connectivity index (χ3n) is 17.5. The van der Waals surface area contributed by atoms with Gasteiger partial charge in [0.15, 0.2) is 12.2 Å². The molecule has 0 fully saturated rings. The van der Waals surface area contributed by atoms with Crippen LogP contribution in [0.5, 0.6) is 0 Å². The minimum Gasteiger partial charge on any atom is -0.462 e. The van der Waals surface area contributed by atoms with Crippen molar-refractivity contribution in [1.82, 2.24) is 0 Å². The summed E-state index contributed by atoms with van der Waals surface area (Å²) in [6.07, 6.45) is 54.2. The molecule has 0 aromatic rings. The van der Waals surface area contributed by atoms with Gasteiger partial charge in [0, 0.05) is 25.7 Å². The highest BCUT2D eigenvalue weighted by Crippen LogP contribution is 2.45. The van der Waals surface area contributed by atoms with Crippen molar-refractivity contribution in [2.75, 3.05) is 39.6 Å². The molecule has 0 aliphatic carbocycles. The summed E-state index contributed by atoms with van der Waals surface area (Å²) < 4.78 is 68.4. The highest BCUT2D eigenvalue weighted by molar-refractivity contribution is 7.47. The van der Waals surface area contributed by atoms with E-state index in [1.165, 1.54) is 199 Å². The van der Waals surface area contributed by atoms with Crippen molar-refractivity contribution in [2.45, 2.75) is 407 Å². The Morgan fingerprint density at radius 1 is 0.287 bits per heavy atom. The average molecular weight is 1380 g/mol. The van der Waals surface area contributed by atoms with Crippen molar-refractivity contribution >= 4 is 39.5 Å². The fraction of sp³-hybridized carbons (Fsp3) is 0.947. The number of hydrogen-bond acceptors (Lipinski definition) is 15. The Kier molecular flexibility index (Phi) is 65.5. The number of aliphatic hydroxyl groups is 1. The first-order valence-electron chi connectivity index (χ1n) is 39.0. The molecule has 3 N–H and O–H groups in total. The number of phosphoric ester groups is 2. The third kappa shape index (κ3) is 68.6. The molecule has 0 heterocycles. The van der Waals surface area contributed by atoms with E-state index in [1.807, 2.05) is 0 Å². The molecule has 0 aliphatic heterocycles. The second-order valence-corrected chi connectivity index (χ2v) is 30.9. The normalized spacial score (nSPS) is 14.0. The molecule has 0 radical (unpaired) electrons. The number of unbranched alkanes of at least 4 members (excludes halogenated alkanes) is 44. The number of esters is 4. The SMILES string of the molecule is CCCCCCCCCCCCCCCC(=O)OC[C@H](COP(=O)(O)OC[C@@H](O)COP(=O)(O)OC[C@@H](COC(=O)CCCCCCCCCC)OC(=O)CCCCCCCCCCCC(C)C)OC(=O)CCCCCCCCCCCCCCCCCCCCC(C)C. The Labute approximate surface area is 575 Å². The lowest BCUT2D eigenvalue weighted by molar-refractivity contribution is -0.161. The number of rotatable bonds is 74. The van der Waals surface area contributed by atoms with Gasteiger partial charge in [-0.2, -0.15) is 0 Å². The molecular weight excluding hydrogens is 1230 g/mol. The number of hydrogen-bond donors (Lipinski definition) is 3. The van der Waals surface area contributed by atoms with Gasteiger partial charge >= 0.3 is 39.5 Å². The first-order valence-corrected chi connectivity index (χ1v) is 42.0. The first kappa shape index (κ1) is 92.1. The van der Waals surface area contributed by atoms with E-state index in [-0.39, 0.29) is 25.7 Å². The van der Waals surface area contributed by atoms with E-state index in [9.17, 15) is 43.2 Å². The molecule has 17 nitrogen and oxygen atoms in total. The van der Waals surface area contributed by atoms with Crippen LogP contribution in [0.2, 0.25) is 0 Å². The summed E-state index contributed by atoms with van der Waals surface area (Å²) in [5.74, 6) is -0.563. The Hall–Kier alpha value is -1.94. The summed E-state index contributed by atoms with van der Waals surface area (Å²) >= 11 is 0. The van der Waals surface area contributed by atoms with E-state index in [2.05, 4.69) is 41.5 Å². The monoisotopic (exact) mass is 1380 g/mol. The van der Waals surface area contributed by atoms with Crippen LogP contribution in [-0.2, 0) is 65.4 Å². The summed E-state index contributed by atoms with van der Waals surface area (Å²) in [4.78, 5) is 72.6. The molecule has 0 aromatic carbocycles. The Bertz CT molecular complexity index is 1820. The molecule has 0 saturated carbocycles. The summed E-state index contributed by atoms with van der Waals surface area (Å²) in [5, 5.41) is 10.6. The third-order valence-corrected chi connectivity index (χ3v) is 19.4. The molecule has 19 heteroatoms. The lowest BCUT2D eigenvalue weighted by Crippen LogP contribution is -2.30. The number of ether oxygens (including phenoxy) is 4. The largest absolute Gasteiger partial charge is 0.472 e. The van der Waals surface area contributed by atoms with Gasteiger partial charge in [0.1, 0.15) is 19.3 Å². The van der Waals surface area contributed by atoms with Gasteiger partial charge in [-0.25, -0.2) is 9.13 Å². The maximum absolute atomic E-state index is 13.1. The highest BCUT2D eigenvalue weighted by atomic mass is 31.2. The second kappa shape index (κ2) is 66.9. The van der Waals surface area contributed by atoms with Crippen LogP contribution in [0.15, 0.2) is 0 Å². The maximum atomic E-state index is 13.1. The zero-order valence-electron chi connectivity index (χ0n) is 61.3. The second-order valence-electron chi connectivity index (χ2n) is 28.0. The summed E-state index contributed by atoms with van der Waals surface area (Å²) in [7, 11) is -9.90. The van der Waals surface area contributed by atoms with Crippen LogP contribution in [0, 0.1) is 11.8 Å². The highest BCUT2D eigenvalue weighted by Gasteiger charge is 2.30. The standard InChI is InChI=1S/C75H146O17P2/c1-7-9-11-13-15-17-18-25-29-34-40-46-52-58-73(78)86-64-71(91-74(79)59-53-47-41-35-30-27-24-22-20-19-21-23-26-28-32-37-43-49-55-67(3)4)66-90-94(83,84)88-62-69(76)61-87-93(81,82)89-65-70(63-85-72(77)57-51-45-39-16-14-12-10-8-2)92-75(80)60-54-48-42-36-31-33-38-44-50-56-68(5)6/h67-71,76H,7-66H2,1-6H3,(H,81,82)(H,83,84)/t69-,70+,71+/m0/s1. The number of phosphoric acid groups is 2. The van der Waals surface area contributed by atoms with Crippen molar-refractivity contribution in [3.8, 4) is 0 Å². The quantitative estimate of drug-likeness (QED) is 0.0222. The van der Waals surface area contributed by atoms with Gasteiger partial charge in [-0.05, 0) is 37.5 Å². The zero-order chi connectivity index (χ0) is 69.3. The van der Waals surface area contributed by atoms with Gasteiger partial charge in [0.25, 0.3) is 0 Å². The minimum absolute atomic E-state index is 0.105. The smallest absolute Gasteiger partial charge is 0.462 e. The van der Waals surface area contributed by atoms with E-state index in [4.69, 9.17) is 37.0 Å². The number of carbonyl (C=O) groups excluding carboxylic acids is 4. The molecule has 0 aromatic heterocycles. The molecule has 0 amide bonds. The van der Waals surface area contributed by atoms with E-state index in [0.29, 0.717) is 25.7 Å². The Balaban J connectivity index is 5.17. The van der Waals surface area contributed by atoms with Crippen LogP contribution in [0.4, 0.5) is 0 Å². The Morgan fingerprint density at radius 3 is 0.723 bits per heavy atom. The lowest BCUT2D eigenvalue weighted by Gasteiger charge is -2.21. The van der Waals surface area contributed by atoms with Crippen LogP contribution >= 0.6 is 15.6 Å². The van der Waals surface area contributed by atoms with Crippen LogP contribution in [0.3, 0.4) is 0 Å². The zero-order valence-corrected chi connectivity index (χ0v) is 63.1. The topological polar surface area (TPSA) is 237 Å². The van der Waals surface area contributed by atoms with Gasteiger partial charge in [-0.1, -0.05) is 337 Å². The van der Waals surface area contributed by atoms with Gasteiger partial charge in [0.05, 0.1) is 26.4 Å². The molecule has 94 heavy (non-hydrogen) atoms. The number of aliphatic hydroxyl groups excluding tert-OH is 1. The first-order chi connectivity index (χ1) is 45.4. The minimum atomic E-state index is -4.95. The fourth-order valence-corrected chi connectivity index (χ4v) is 13.1. The summed E-state index contributed by atoms with van der Waals surface area (Å²) in [6.45, 7) is 9.57. The van der Waals surface area contributed by atoms with E-state index < -0.39 is 97.5 Å². The molecular formula is C75H146O17P2. The van der Waals surface area contributed by atoms with Gasteiger partial charge in [-0.15, -0.1) is 0 Å². The van der Waals surface area contributed by atoms with Crippen molar-refractivity contribution < 1.29 is 80.2 Å². The molecule has 0 rings (SSSR count). The summed E-state index contributed by atoms with van der Waals surface area (Å²) in [6, 6.07) is 0. The van der Waals surface area contributed by atoms with Crippen LogP contribution < -0.4 is 0 Å². The molecule has 5 atom stereocenters. The van der Waals surface area contributed by atoms with E-state index in [1.54, 1.807) is 0 Å². The average Bonchev–Trinajstić information content (AvgIpc) is 1.55. The fourth-order valence-electron chi connectivity index (χ4n) is 11.5. The predicted molar refractivity (Wildman–Crippen MR) is 381 cm³/mol. The van der Waals surface area contributed by atoms with Crippen molar-refractivity contribution in [2.24, 2.45) is 11.8 Å². The van der Waals surface area contributed by atoms with Gasteiger partial charge in [0.2, 0.25) is 0 Å². The molecule has 558 valence electrons. The van der Waals surface area contributed by atoms with Gasteiger partial charge in [-0.3, -0.25) is 37.3 Å².